The summed E-state index contributed by atoms with van der Waals surface area (Å²) in [5.74, 6) is -2.49. The Hall–Kier alpha value is -1.24. The third-order valence-electron chi connectivity index (χ3n) is 3.42. The van der Waals surface area contributed by atoms with Crippen molar-refractivity contribution in [2.75, 3.05) is 25.5 Å². The maximum atomic E-state index is 13.5. The lowest BCUT2D eigenvalue weighted by Gasteiger charge is -2.34. The second kappa shape index (κ2) is 6.97. The largest absolute Gasteiger partial charge is 0.368 e. The molecule has 0 saturated carbocycles. The smallest absolute Gasteiger partial charge is 0.256 e. The van der Waals surface area contributed by atoms with Crippen molar-refractivity contribution in [2.24, 2.45) is 0 Å². The number of anilines is 1. The van der Waals surface area contributed by atoms with Crippen LogP contribution in [0.4, 0.5) is 14.5 Å². The molecule has 112 valence electrons. The molecule has 4 nitrogen and oxygen atoms in total. The van der Waals surface area contributed by atoms with Gasteiger partial charge in [0.1, 0.15) is 5.60 Å². The minimum atomic E-state index is -1.06. The number of carbonyl (C=O) groups excluding carboxylic acids is 1. The molecule has 0 unspecified atom stereocenters. The van der Waals surface area contributed by atoms with Crippen molar-refractivity contribution in [3.63, 3.8) is 0 Å². The zero-order valence-corrected chi connectivity index (χ0v) is 11.9. The van der Waals surface area contributed by atoms with Crippen LogP contribution in [-0.2, 0) is 9.53 Å². The SMILES string of the molecule is COC1(C(=O)Nc2cccc(F)c2F)CCNCC1.Cl. The molecular formula is C13H17ClF2N2O2. The molecule has 0 bridgehead atoms. The van der Waals surface area contributed by atoms with Crippen LogP contribution < -0.4 is 10.6 Å². The first-order chi connectivity index (χ1) is 9.09. The van der Waals surface area contributed by atoms with Gasteiger partial charge in [0.25, 0.3) is 5.91 Å². The Labute approximate surface area is 122 Å². The second-order valence-corrected chi connectivity index (χ2v) is 4.50. The molecule has 7 heteroatoms. The first kappa shape index (κ1) is 16.8. The van der Waals surface area contributed by atoms with Gasteiger partial charge in [-0.3, -0.25) is 4.79 Å². The molecule has 1 aliphatic rings. The van der Waals surface area contributed by atoms with Gasteiger partial charge < -0.3 is 15.4 Å². The number of hydrogen-bond donors (Lipinski definition) is 2. The first-order valence-corrected chi connectivity index (χ1v) is 6.10. The van der Waals surface area contributed by atoms with E-state index in [-0.39, 0.29) is 18.1 Å². The predicted molar refractivity (Wildman–Crippen MR) is 74.1 cm³/mol. The normalized spacial score (nSPS) is 17.1. The van der Waals surface area contributed by atoms with Gasteiger partial charge in [0.05, 0.1) is 5.69 Å². The van der Waals surface area contributed by atoms with E-state index >= 15 is 0 Å². The summed E-state index contributed by atoms with van der Waals surface area (Å²) in [7, 11) is 1.45. The zero-order chi connectivity index (χ0) is 13.9. The average Bonchev–Trinajstić information content (AvgIpc) is 2.44. The fourth-order valence-electron chi connectivity index (χ4n) is 2.19. The highest BCUT2D eigenvalue weighted by atomic mass is 35.5. The highest BCUT2D eigenvalue weighted by Crippen LogP contribution is 2.25. The summed E-state index contributed by atoms with van der Waals surface area (Å²) < 4.78 is 31.9. The Balaban J connectivity index is 0.00000200. The number of carbonyl (C=O) groups is 1. The molecule has 0 atom stereocenters. The predicted octanol–water partition coefficient (Wildman–Crippen LogP) is 2.09. The van der Waals surface area contributed by atoms with Crippen LogP contribution in [-0.4, -0.2) is 31.7 Å². The summed E-state index contributed by atoms with van der Waals surface area (Å²) in [4.78, 5) is 12.2. The minimum Gasteiger partial charge on any atom is -0.368 e. The van der Waals surface area contributed by atoms with Crippen molar-refractivity contribution in [1.29, 1.82) is 0 Å². The summed E-state index contributed by atoms with van der Waals surface area (Å²) in [6.45, 7) is 1.29. The van der Waals surface area contributed by atoms with Crippen molar-refractivity contribution in [3.8, 4) is 0 Å². The quantitative estimate of drug-likeness (QED) is 0.899. The Morgan fingerprint density at radius 2 is 2.00 bits per heavy atom. The van der Waals surface area contributed by atoms with E-state index < -0.39 is 23.1 Å². The van der Waals surface area contributed by atoms with Crippen molar-refractivity contribution in [1.82, 2.24) is 5.32 Å². The van der Waals surface area contributed by atoms with Gasteiger partial charge in [-0.25, -0.2) is 8.78 Å². The van der Waals surface area contributed by atoms with Gasteiger partial charge in [0.2, 0.25) is 0 Å². The fourth-order valence-corrected chi connectivity index (χ4v) is 2.19. The van der Waals surface area contributed by atoms with Gasteiger partial charge in [-0.2, -0.15) is 0 Å². The van der Waals surface area contributed by atoms with E-state index in [4.69, 9.17) is 4.74 Å². The van der Waals surface area contributed by atoms with Crippen LogP contribution in [0.15, 0.2) is 18.2 Å². The van der Waals surface area contributed by atoms with Gasteiger partial charge in [0, 0.05) is 7.11 Å². The van der Waals surface area contributed by atoms with Crippen molar-refractivity contribution < 1.29 is 18.3 Å². The van der Waals surface area contributed by atoms with E-state index in [1.165, 1.54) is 19.2 Å². The first-order valence-electron chi connectivity index (χ1n) is 6.10. The lowest BCUT2D eigenvalue weighted by Crippen LogP contribution is -2.51. The van der Waals surface area contributed by atoms with E-state index in [0.717, 1.165) is 6.07 Å². The summed E-state index contributed by atoms with van der Waals surface area (Å²) in [5.41, 5.74) is -1.15. The number of nitrogens with one attached hydrogen (secondary N) is 2. The van der Waals surface area contributed by atoms with Gasteiger partial charge in [-0.1, -0.05) is 6.07 Å². The van der Waals surface area contributed by atoms with Crippen LogP contribution in [0, 0.1) is 11.6 Å². The second-order valence-electron chi connectivity index (χ2n) is 4.50. The van der Waals surface area contributed by atoms with Crippen LogP contribution in [0.1, 0.15) is 12.8 Å². The molecule has 1 aromatic carbocycles. The molecule has 0 radical (unpaired) electrons. The van der Waals surface area contributed by atoms with E-state index in [0.29, 0.717) is 25.9 Å². The number of amides is 1. The van der Waals surface area contributed by atoms with E-state index in [9.17, 15) is 13.6 Å². The molecule has 1 saturated heterocycles. The van der Waals surface area contributed by atoms with E-state index in [1.807, 2.05) is 0 Å². The molecule has 0 spiro atoms. The molecule has 20 heavy (non-hydrogen) atoms. The molecule has 1 aromatic rings. The Bertz CT molecular complexity index is 479. The van der Waals surface area contributed by atoms with Crippen molar-refractivity contribution in [3.05, 3.63) is 29.8 Å². The maximum Gasteiger partial charge on any atom is 0.256 e. The Morgan fingerprint density at radius 3 is 2.60 bits per heavy atom. The standard InChI is InChI=1S/C13H16F2N2O2.ClH/c1-19-13(5-7-16-8-6-13)12(18)17-10-4-2-3-9(14)11(10)15;/h2-4,16H,5-8H2,1H3,(H,17,18);1H. The number of hydrogen-bond acceptors (Lipinski definition) is 3. The van der Waals surface area contributed by atoms with Crippen molar-refractivity contribution in [2.45, 2.75) is 18.4 Å². The summed E-state index contributed by atoms with van der Waals surface area (Å²) in [6.07, 6.45) is 0.985. The molecule has 1 fully saturated rings. The lowest BCUT2D eigenvalue weighted by molar-refractivity contribution is -0.140. The number of ether oxygens (including phenoxy) is 1. The van der Waals surface area contributed by atoms with Crippen LogP contribution in [0.5, 0.6) is 0 Å². The third-order valence-corrected chi connectivity index (χ3v) is 3.42. The van der Waals surface area contributed by atoms with Crippen LogP contribution in [0.2, 0.25) is 0 Å². The zero-order valence-electron chi connectivity index (χ0n) is 11.0. The molecule has 0 aromatic heterocycles. The number of benzene rings is 1. The Morgan fingerprint density at radius 1 is 1.35 bits per heavy atom. The highest BCUT2D eigenvalue weighted by molar-refractivity contribution is 5.97. The number of piperidine rings is 1. The molecule has 1 heterocycles. The van der Waals surface area contributed by atoms with Gasteiger partial charge >= 0.3 is 0 Å². The van der Waals surface area contributed by atoms with E-state index in [1.54, 1.807) is 0 Å². The van der Waals surface area contributed by atoms with Crippen molar-refractivity contribution >= 4 is 24.0 Å². The summed E-state index contributed by atoms with van der Waals surface area (Å²) in [5, 5.41) is 5.52. The number of halogens is 3. The maximum absolute atomic E-state index is 13.5. The summed E-state index contributed by atoms with van der Waals surface area (Å²) >= 11 is 0. The van der Waals surface area contributed by atoms with Gasteiger partial charge in [0.15, 0.2) is 11.6 Å². The van der Waals surface area contributed by atoms with Gasteiger partial charge in [-0.15, -0.1) is 12.4 Å². The lowest BCUT2D eigenvalue weighted by atomic mass is 9.91. The number of rotatable bonds is 3. The molecule has 1 amide bonds. The fraction of sp³-hybridized carbons (Fsp3) is 0.462. The molecule has 2 N–H and O–H groups in total. The molecular weight excluding hydrogens is 290 g/mol. The third kappa shape index (κ3) is 3.26. The minimum absolute atomic E-state index is 0. The topological polar surface area (TPSA) is 50.4 Å². The molecule has 2 rings (SSSR count). The van der Waals surface area contributed by atoms with Crippen LogP contribution in [0.3, 0.4) is 0 Å². The van der Waals surface area contributed by atoms with Crippen LogP contribution in [0.25, 0.3) is 0 Å². The number of methoxy groups -OCH3 is 1. The molecule has 0 aliphatic carbocycles. The average molecular weight is 307 g/mol. The summed E-state index contributed by atoms with van der Waals surface area (Å²) in [6, 6.07) is 3.66. The van der Waals surface area contributed by atoms with Gasteiger partial charge in [-0.05, 0) is 38.1 Å². The monoisotopic (exact) mass is 306 g/mol. The van der Waals surface area contributed by atoms with E-state index in [2.05, 4.69) is 10.6 Å². The molecule has 1 aliphatic heterocycles. The Kier molecular flexibility index (Phi) is 5.86. The highest BCUT2D eigenvalue weighted by Gasteiger charge is 2.40. The van der Waals surface area contributed by atoms with Crippen LogP contribution >= 0.6 is 12.4 Å².